The van der Waals surface area contributed by atoms with E-state index in [1.54, 1.807) is 0 Å². The molecule has 0 spiro atoms. The van der Waals surface area contributed by atoms with Gasteiger partial charge in [0.05, 0.1) is 17.2 Å². The average Bonchev–Trinajstić information content (AvgIpc) is 3.68. The van der Waals surface area contributed by atoms with Crippen molar-refractivity contribution in [2.24, 2.45) is 10.4 Å². The summed E-state index contributed by atoms with van der Waals surface area (Å²) in [6.45, 7) is 8.17. The molecule has 9 nitrogen and oxygen atoms in total. The van der Waals surface area contributed by atoms with Crippen LogP contribution < -0.4 is 9.75 Å². The zero-order valence-electron chi connectivity index (χ0n) is 25.0. The van der Waals surface area contributed by atoms with Gasteiger partial charge in [0.1, 0.15) is 11.5 Å². The molecule has 1 aromatic heterocycles. The molecule has 1 aliphatic heterocycles. The first-order chi connectivity index (χ1) is 20.6. The molecule has 1 unspecified atom stereocenters. The lowest BCUT2D eigenvalue weighted by atomic mass is 9.92. The molecule has 2 aliphatic rings. The fourth-order valence-electron chi connectivity index (χ4n) is 5.63. The first-order valence-electron chi connectivity index (χ1n) is 14.8. The van der Waals surface area contributed by atoms with E-state index in [2.05, 4.69) is 27.6 Å². The topological polar surface area (TPSA) is 108 Å². The Bertz CT molecular complexity index is 1580. The zero-order chi connectivity index (χ0) is 30.6. The van der Waals surface area contributed by atoms with Crippen molar-refractivity contribution >= 4 is 26.7 Å². The van der Waals surface area contributed by atoms with Gasteiger partial charge in [0.2, 0.25) is 0 Å². The van der Waals surface area contributed by atoms with Crippen LogP contribution in [0.4, 0.5) is 5.69 Å². The molecule has 0 saturated heterocycles. The van der Waals surface area contributed by atoms with E-state index < -0.39 is 15.6 Å². The normalized spacial score (nSPS) is 17.1. The van der Waals surface area contributed by atoms with Crippen LogP contribution in [0.25, 0.3) is 10.9 Å². The van der Waals surface area contributed by atoms with Crippen LogP contribution in [0, 0.1) is 0 Å². The fraction of sp³-hybridized carbons (Fsp3) is 0.364. The van der Waals surface area contributed by atoms with Crippen LogP contribution in [0.15, 0.2) is 95.5 Å². The smallest absolute Gasteiger partial charge is 0.309 e. The summed E-state index contributed by atoms with van der Waals surface area (Å²) in [4.78, 5) is 4.18. The Balaban J connectivity index is 0.000000308. The van der Waals surface area contributed by atoms with Crippen molar-refractivity contribution < 1.29 is 17.7 Å². The standard InChI is InChI=1S/C24H32N4O4S.C9H7N/c1-16(2)21-14-20(32-19-12-6-5-7-13-19)15-22(17(3)4)23(21)28-24(33(29,30)31)27(25-26-28)18-10-8-9-11-18;1-2-6-9-8(4-1)5-3-7-10-9/h5-7,12-18,24H,8-11H2,1-4H3,(H,29,30,31);1-7H. The van der Waals surface area contributed by atoms with Crippen molar-refractivity contribution in [3.63, 3.8) is 0 Å². The number of hydrogen-bond donors (Lipinski definition) is 1. The summed E-state index contributed by atoms with van der Waals surface area (Å²) >= 11 is 0. The molecule has 1 fully saturated rings. The molecule has 1 atom stereocenters. The van der Waals surface area contributed by atoms with Crippen molar-refractivity contribution in [1.29, 1.82) is 0 Å². The number of fused-ring (bicyclic) bond motifs is 1. The highest BCUT2D eigenvalue weighted by Crippen LogP contribution is 2.44. The maximum absolute atomic E-state index is 12.6. The third-order valence-corrected chi connectivity index (χ3v) is 8.70. The number of anilines is 1. The highest BCUT2D eigenvalue weighted by molar-refractivity contribution is 7.86. The summed E-state index contributed by atoms with van der Waals surface area (Å²) in [5.74, 6) is 1.49. The second-order valence-corrected chi connectivity index (χ2v) is 13.0. The summed E-state index contributed by atoms with van der Waals surface area (Å²) in [6, 6.07) is 25.4. The number of benzene rings is 3. The number of hydrogen-bond acceptors (Lipinski definition) is 8. The van der Waals surface area contributed by atoms with E-state index in [0.29, 0.717) is 11.4 Å². The molecule has 4 aromatic rings. The predicted molar refractivity (Wildman–Crippen MR) is 170 cm³/mol. The van der Waals surface area contributed by atoms with Gasteiger partial charge in [0, 0.05) is 11.6 Å². The number of ether oxygens (including phenoxy) is 1. The molecule has 3 aromatic carbocycles. The molecule has 0 radical (unpaired) electrons. The molecular weight excluding hydrogens is 562 g/mol. The number of rotatable bonds is 7. The van der Waals surface area contributed by atoms with Crippen molar-refractivity contribution in [1.82, 2.24) is 9.99 Å². The summed E-state index contributed by atoms with van der Waals surface area (Å²) in [7, 11) is -4.50. The molecule has 2 heterocycles. The van der Waals surface area contributed by atoms with Crippen LogP contribution >= 0.6 is 0 Å². The van der Waals surface area contributed by atoms with Gasteiger partial charge >= 0.3 is 10.1 Å². The van der Waals surface area contributed by atoms with Crippen LogP contribution in [0.5, 0.6) is 11.5 Å². The molecule has 1 saturated carbocycles. The minimum atomic E-state index is -4.50. The molecule has 6 rings (SSSR count). The van der Waals surface area contributed by atoms with Gasteiger partial charge in [-0.05, 0) is 82.6 Å². The van der Waals surface area contributed by atoms with Gasteiger partial charge in [-0.1, -0.05) is 83.0 Å². The van der Waals surface area contributed by atoms with E-state index in [4.69, 9.17) is 4.74 Å². The first-order valence-corrected chi connectivity index (χ1v) is 16.3. The number of para-hydroxylation sites is 2. The third kappa shape index (κ3) is 6.97. The van der Waals surface area contributed by atoms with Crippen molar-refractivity contribution in [2.45, 2.75) is 76.8 Å². The predicted octanol–water partition coefficient (Wildman–Crippen LogP) is 8.48. The molecule has 0 bridgehead atoms. The van der Waals surface area contributed by atoms with Gasteiger partial charge < -0.3 is 4.74 Å². The van der Waals surface area contributed by atoms with E-state index in [9.17, 15) is 13.0 Å². The Morgan fingerprint density at radius 1 is 0.814 bits per heavy atom. The van der Waals surface area contributed by atoms with Gasteiger partial charge in [-0.2, -0.15) is 8.42 Å². The van der Waals surface area contributed by atoms with Crippen molar-refractivity contribution in [3.05, 3.63) is 96.2 Å². The average molecular weight is 602 g/mol. The first kappa shape index (κ1) is 30.4. The highest BCUT2D eigenvalue weighted by Gasteiger charge is 2.46. The summed E-state index contributed by atoms with van der Waals surface area (Å²) in [6.07, 6.45) is 5.49. The van der Waals surface area contributed by atoms with Crippen LogP contribution in [0.3, 0.4) is 0 Å². The van der Waals surface area contributed by atoms with Crippen LogP contribution in [-0.2, 0) is 10.1 Å². The minimum Gasteiger partial charge on any atom is -0.457 e. The lowest BCUT2D eigenvalue weighted by Crippen LogP contribution is -2.48. The monoisotopic (exact) mass is 601 g/mol. The number of aromatic nitrogens is 1. The van der Waals surface area contributed by atoms with E-state index in [1.165, 1.54) is 15.4 Å². The fourth-order valence-corrected chi connectivity index (χ4v) is 6.51. The Labute approximate surface area is 253 Å². The zero-order valence-corrected chi connectivity index (χ0v) is 25.9. The molecular formula is C33H39N5O4S. The maximum atomic E-state index is 12.6. The Morgan fingerprint density at radius 2 is 1.42 bits per heavy atom. The summed E-state index contributed by atoms with van der Waals surface area (Å²) in [5.41, 5.74) is 2.11. The van der Waals surface area contributed by atoms with Crippen LogP contribution in [0.2, 0.25) is 0 Å². The number of nitrogens with zero attached hydrogens (tertiary/aromatic N) is 5. The second-order valence-electron chi connectivity index (χ2n) is 11.6. The van der Waals surface area contributed by atoms with Crippen molar-refractivity contribution in [3.8, 4) is 11.5 Å². The number of pyridine rings is 1. The molecule has 43 heavy (non-hydrogen) atoms. The van der Waals surface area contributed by atoms with Gasteiger partial charge in [0.25, 0.3) is 5.50 Å². The van der Waals surface area contributed by atoms with Gasteiger partial charge in [0.15, 0.2) is 0 Å². The quantitative estimate of drug-likeness (QED) is 0.212. The third-order valence-electron chi connectivity index (χ3n) is 7.75. The molecule has 1 N–H and O–H groups in total. The van der Waals surface area contributed by atoms with E-state index in [1.807, 2.05) is 101 Å². The Morgan fingerprint density at radius 3 is 2.02 bits per heavy atom. The van der Waals surface area contributed by atoms with E-state index >= 15 is 0 Å². The molecule has 10 heteroatoms. The molecule has 1 aliphatic carbocycles. The molecule has 226 valence electrons. The lowest BCUT2D eigenvalue weighted by molar-refractivity contribution is 0.196. The van der Waals surface area contributed by atoms with Gasteiger partial charge in [-0.3, -0.25) is 9.54 Å². The second kappa shape index (κ2) is 13.1. The van der Waals surface area contributed by atoms with Crippen LogP contribution in [-0.4, -0.2) is 34.5 Å². The maximum Gasteiger partial charge on any atom is 0.309 e. The van der Waals surface area contributed by atoms with Crippen molar-refractivity contribution in [2.75, 3.05) is 5.01 Å². The highest BCUT2D eigenvalue weighted by atomic mass is 32.2. The molecule has 0 amide bonds. The van der Waals surface area contributed by atoms with Gasteiger partial charge in [-0.25, -0.2) is 10.0 Å². The van der Waals surface area contributed by atoms with E-state index in [0.717, 1.165) is 48.1 Å². The SMILES string of the molecule is CC(C)c1cc(Oc2ccccc2)cc(C(C)C)c1N1N=NN(C2CCCC2)C1S(=O)(=O)O.c1ccc2ncccc2c1. The summed E-state index contributed by atoms with van der Waals surface area (Å²) < 4.78 is 41.5. The Hall–Kier alpha value is -4.02. The van der Waals surface area contributed by atoms with E-state index in [-0.39, 0.29) is 17.9 Å². The minimum absolute atomic E-state index is 0.0506. The summed E-state index contributed by atoms with van der Waals surface area (Å²) in [5, 5.41) is 12.6. The Kier molecular flexibility index (Phi) is 9.27. The lowest BCUT2D eigenvalue weighted by Gasteiger charge is -2.32. The van der Waals surface area contributed by atoms with Crippen LogP contribution in [0.1, 0.15) is 76.3 Å². The van der Waals surface area contributed by atoms with Gasteiger partial charge in [-0.15, -0.1) is 0 Å². The largest absolute Gasteiger partial charge is 0.457 e.